The molecular formula is C14H25N5S. The second kappa shape index (κ2) is 6.45. The second-order valence-electron chi connectivity index (χ2n) is 5.97. The average molecular weight is 295 g/mol. The molecule has 2 N–H and O–H groups in total. The summed E-state index contributed by atoms with van der Waals surface area (Å²) in [6.45, 7) is 3.09. The van der Waals surface area contributed by atoms with Gasteiger partial charge in [-0.15, -0.1) is 10.2 Å². The first kappa shape index (κ1) is 14.4. The zero-order valence-electron chi connectivity index (χ0n) is 12.3. The van der Waals surface area contributed by atoms with Crippen molar-refractivity contribution in [1.82, 2.24) is 19.7 Å². The summed E-state index contributed by atoms with van der Waals surface area (Å²) in [5, 5.41) is 9.41. The third-order valence-corrected chi connectivity index (χ3v) is 5.97. The normalized spacial score (nSPS) is 27.5. The Morgan fingerprint density at radius 2 is 2.05 bits per heavy atom. The van der Waals surface area contributed by atoms with E-state index in [1.807, 2.05) is 23.4 Å². The SMILES string of the molecule is Cn1c(CN)nnc1SC[C@@H]1CCCN2CCCC[C@H]12. The molecule has 2 aliphatic heterocycles. The fraction of sp³-hybridized carbons (Fsp3) is 0.857. The molecule has 0 spiro atoms. The van der Waals surface area contributed by atoms with Crippen LogP contribution < -0.4 is 5.73 Å². The lowest BCUT2D eigenvalue weighted by Gasteiger charge is -2.44. The smallest absolute Gasteiger partial charge is 0.190 e. The van der Waals surface area contributed by atoms with Crippen molar-refractivity contribution in [2.45, 2.75) is 49.8 Å². The Morgan fingerprint density at radius 3 is 2.85 bits per heavy atom. The molecule has 0 amide bonds. The van der Waals surface area contributed by atoms with Gasteiger partial charge < -0.3 is 15.2 Å². The van der Waals surface area contributed by atoms with Crippen LogP contribution in [0.4, 0.5) is 0 Å². The molecule has 2 atom stereocenters. The number of piperidine rings is 2. The molecule has 3 heterocycles. The maximum atomic E-state index is 5.65. The Bertz CT molecular complexity index is 445. The van der Waals surface area contributed by atoms with Crippen LogP contribution in [0.25, 0.3) is 0 Å². The van der Waals surface area contributed by atoms with E-state index in [0.29, 0.717) is 6.54 Å². The standard InChI is InChI=1S/C14H25N5S/c1-18-13(9-15)16-17-14(18)20-10-11-5-4-8-19-7-3-2-6-12(11)19/h11-12H,2-10,15H2,1H3/t11-,12+/m0/s1. The first-order valence-electron chi connectivity index (χ1n) is 7.74. The number of nitrogens with two attached hydrogens (primary N) is 1. The second-order valence-corrected chi connectivity index (χ2v) is 6.96. The van der Waals surface area contributed by atoms with Crippen molar-refractivity contribution in [1.29, 1.82) is 0 Å². The van der Waals surface area contributed by atoms with Crippen molar-refractivity contribution in [2.75, 3.05) is 18.8 Å². The lowest BCUT2D eigenvalue weighted by molar-refractivity contribution is 0.0693. The van der Waals surface area contributed by atoms with Crippen molar-refractivity contribution in [3.05, 3.63) is 5.82 Å². The van der Waals surface area contributed by atoms with Crippen LogP contribution in [-0.2, 0) is 13.6 Å². The van der Waals surface area contributed by atoms with Crippen LogP contribution in [0, 0.1) is 5.92 Å². The van der Waals surface area contributed by atoms with Crippen LogP contribution in [0.2, 0.25) is 0 Å². The maximum absolute atomic E-state index is 5.65. The summed E-state index contributed by atoms with van der Waals surface area (Å²) in [6.07, 6.45) is 6.91. The molecule has 0 unspecified atom stereocenters. The Balaban J connectivity index is 1.60. The summed E-state index contributed by atoms with van der Waals surface area (Å²) < 4.78 is 2.03. The van der Waals surface area contributed by atoms with Gasteiger partial charge in [0.15, 0.2) is 5.16 Å². The van der Waals surface area contributed by atoms with Gasteiger partial charge in [-0.1, -0.05) is 18.2 Å². The third-order valence-electron chi connectivity index (χ3n) is 4.76. The molecule has 112 valence electrons. The highest BCUT2D eigenvalue weighted by atomic mass is 32.2. The molecule has 0 bridgehead atoms. The van der Waals surface area contributed by atoms with Gasteiger partial charge in [0.25, 0.3) is 0 Å². The van der Waals surface area contributed by atoms with Crippen LogP contribution in [0.15, 0.2) is 5.16 Å². The van der Waals surface area contributed by atoms with E-state index < -0.39 is 0 Å². The fourth-order valence-electron chi connectivity index (χ4n) is 3.60. The van der Waals surface area contributed by atoms with Crippen LogP contribution in [0.3, 0.4) is 0 Å². The van der Waals surface area contributed by atoms with Crippen molar-refractivity contribution in [2.24, 2.45) is 18.7 Å². The van der Waals surface area contributed by atoms with Crippen LogP contribution in [0.5, 0.6) is 0 Å². The number of rotatable bonds is 4. The lowest BCUT2D eigenvalue weighted by atomic mass is 9.85. The number of nitrogens with zero attached hydrogens (tertiary/aromatic N) is 4. The molecule has 0 radical (unpaired) electrons. The molecule has 20 heavy (non-hydrogen) atoms. The minimum Gasteiger partial charge on any atom is -0.324 e. The van der Waals surface area contributed by atoms with Crippen molar-refractivity contribution >= 4 is 11.8 Å². The molecule has 1 aromatic heterocycles. The monoisotopic (exact) mass is 295 g/mol. The molecule has 0 aromatic carbocycles. The molecule has 2 aliphatic rings. The van der Waals surface area contributed by atoms with E-state index in [1.165, 1.54) is 45.2 Å². The zero-order chi connectivity index (χ0) is 13.9. The van der Waals surface area contributed by atoms with Crippen LogP contribution in [0.1, 0.15) is 37.9 Å². The Labute approximate surface area is 125 Å². The summed E-state index contributed by atoms with van der Waals surface area (Å²) in [6, 6.07) is 0.812. The van der Waals surface area contributed by atoms with Gasteiger partial charge in [-0.3, -0.25) is 0 Å². The van der Waals surface area contributed by atoms with E-state index in [1.54, 1.807) is 0 Å². The van der Waals surface area contributed by atoms with Gasteiger partial charge in [-0.2, -0.15) is 0 Å². The molecule has 0 aliphatic carbocycles. The van der Waals surface area contributed by atoms with Crippen molar-refractivity contribution in [3.63, 3.8) is 0 Å². The number of hydrogen-bond acceptors (Lipinski definition) is 5. The Hall–Kier alpha value is -0.590. The van der Waals surface area contributed by atoms with Gasteiger partial charge in [0.1, 0.15) is 5.82 Å². The van der Waals surface area contributed by atoms with Gasteiger partial charge in [-0.25, -0.2) is 0 Å². The number of thioether (sulfide) groups is 1. The predicted octanol–water partition coefficient (Wildman–Crippen LogP) is 1.63. The summed E-state index contributed by atoms with van der Waals surface area (Å²) >= 11 is 1.85. The van der Waals surface area contributed by atoms with Crippen molar-refractivity contribution in [3.8, 4) is 0 Å². The highest BCUT2D eigenvalue weighted by molar-refractivity contribution is 7.99. The summed E-state index contributed by atoms with van der Waals surface area (Å²) in [5.74, 6) is 2.85. The molecule has 3 rings (SSSR count). The van der Waals surface area contributed by atoms with Gasteiger partial charge in [-0.05, 0) is 44.7 Å². The van der Waals surface area contributed by atoms with Gasteiger partial charge >= 0.3 is 0 Å². The molecule has 6 heteroatoms. The maximum Gasteiger partial charge on any atom is 0.190 e. The summed E-state index contributed by atoms with van der Waals surface area (Å²) in [7, 11) is 2.01. The van der Waals surface area contributed by atoms with Gasteiger partial charge in [0.2, 0.25) is 0 Å². The largest absolute Gasteiger partial charge is 0.324 e. The minimum atomic E-state index is 0.462. The minimum absolute atomic E-state index is 0.462. The zero-order valence-corrected chi connectivity index (χ0v) is 13.1. The molecule has 2 saturated heterocycles. The fourth-order valence-corrected chi connectivity index (χ4v) is 4.75. The van der Waals surface area contributed by atoms with E-state index in [4.69, 9.17) is 5.73 Å². The van der Waals surface area contributed by atoms with Crippen molar-refractivity contribution < 1.29 is 0 Å². The Kier molecular flexibility index (Phi) is 4.63. The number of aromatic nitrogens is 3. The Morgan fingerprint density at radius 1 is 1.20 bits per heavy atom. The number of fused-ring (bicyclic) bond motifs is 1. The molecule has 0 saturated carbocycles. The molecule has 1 aromatic rings. The van der Waals surface area contributed by atoms with Crippen LogP contribution in [-0.4, -0.2) is 44.5 Å². The predicted molar refractivity (Wildman–Crippen MR) is 81.6 cm³/mol. The topological polar surface area (TPSA) is 60.0 Å². The van der Waals surface area contributed by atoms with E-state index in [9.17, 15) is 0 Å². The van der Waals surface area contributed by atoms with E-state index in [0.717, 1.165) is 28.7 Å². The highest BCUT2D eigenvalue weighted by Gasteiger charge is 2.33. The van der Waals surface area contributed by atoms with E-state index in [2.05, 4.69) is 15.1 Å². The van der Waals surface area contributed by atoms with Gasteiger partial charge in [0, 0.05) is 18.8 Å². The summed E-state index contributed by atoms with van der Waals surface area (Å²) in [4.78, 5) is 2.72. The van der Waals surface area contributed by atoms with Gasteiger partial charge in [0.05, 0.1) is 6.54 Å². The third kappa shape index (κ3) is 2.87. The quantitative estimate of drug-likeness (QED) is 0.856. The molecular weight excluding hydrogens is 270 g/mol. The average Bonchev–Trinajstić information content (AvgIpc) is 2.85. The summed E-state index contributed by atoms with van der Waals surface area (Å²) in [5.41, 5.74) is 5.65. The number of hydrogen-bond donors (Lipinski definition) is 1. The first-order valence-corrected chi connectivity index (χ1v) is 8.73. The van der Waals surface area contributed by atoms with Crippen LogP contribution >= 0.6 is 11.8 Å². The van der Waals surface area contributed by atoms with E-state index >= 15 is 0 Å². The first-order chi connectivity index (χ1) is 9.79. The molecule has 5 nitrogen and oxygen atoms in total. The highest BCUT2D eigenvalue weighted by Crippen LogP contribution is 2.34. The van der Waals surface area contributed by atoms with E-state index in [-0.39, 0.29) is 0 Å². The molecule has 2 fully saturated rings. The lowest BCUT2D eigenvalue weighted by Crippen LogP contribution is -2.48.